The zero-order chi connectivity index (χ0) is 18.8. The number of esters is 1. The van der Waals surface area contributed by atoms with Gasteiger partial charge in [0.05, 0.1) is 21.5 Å². The van der Waals surface area contributed by atoms with Crippen molar-refractivity contribution < 1.29 is 9.53 Å². The van der Waals surface area contributed by atoms with Gasteiger partial charge < -0.3 is 9.72 Å². The summed E-state index contributed by atoms with van der Waals surface area (Å²) in [7, 11) is 0. The third-order valence-corrected chi connectivity index (χ3v) is 4.37. The third-order valence-electron chi connectivity index (χ3n) is 4.04. The quantitative estimate of drug-likeness (QED) is 0.423. The number of aromatic nitrogens is 2. The molecule has 4 rings (SSSR count). The average molecular weight is 377 g/mol. The topological polar surface area (TPSA) is 72.0 Å². The van der Waals surface area contributed by atoms with Crippen LogP contribution in [-0.4, -0.2) is 15.9 Å². The van der Waals surface area contributed by atoms with Gasteiger partial charge in [-0.25, -0.2) is 9.78 Å². The standard InChI is InChI=1S/C21H13ClN2O3/c22-17-7-3-1-5-15(17)21(26)27-14-11-9-13(10-12-14)19-23-18-8-4-2-6-16(18)20(25)24-19/h1-12H,(H,23,24,25). The molecule has 0 bridgehead atoms. The van der Waals surface area contributed by atoms with E-state index in [0.717, 1.165) is 0 Å². The Balaban J connectivity index is 1.60. The number of carbonyl (C=O) groups is 1. The molecule has 0 amide bonds. The van der Waals surface area contributed by atoms with Gasteiger partial charge in [0, 0.05) is 5.56 Å². The van der Waals surface area contributed by atoms with Crippen LogP contribution in [0.25, 0.3) is 22.3 Å². The Morgan fingerprint density at radius 1 is 0.926 bits per heavy atom. The molecule has 0 aliphatic heterocycles. The number of hydrogen-bond donors (Lipinski definition) is 1. The van der Waals surface area contributed by atoms with Gasteiger partial charge in [0.15, 0.2) is 0 Å². The van der Waals surface area contributed by atoms with E-state index >= 15 is 0 Å². The highest BCUT2D eigenvalue weighted by atomic mass is 35.5. The molecule has 0 saturated heterocycles. The van der Waals surface area contributed by atoms with E-state index in [9.17, 15) is 9.59 Å². The number of ether oxygens (including phenoxy) is 1. The van der Waals surface area contributed by atoms with Crippen LogP contribution in [0.5, 0.6) is 5.75 Å². The molecule has 6 heteroatoms. The second-order valence-corrected chi connectivity index (χ2v) is 6.23. The number of aromatic amines is 1. The molecule has 4 aromatic rings. The predicted molar refractivity (Wildman–Crippen MR) is 104 cm³/mol. The highest BCUT2D eigenvalue weighted by Gasteiger charge is 2.12. The summed E-state index contributed by atoms with van der Waals surface area (Å²) < 4.78 is 5.35. The first kappa shape index (κ1) is 17.0. The first-order chi connectivity index (χ1) is 13.1. The lowest BCUT2D eigenvalue weighted by molar-refractivity contribution is 0.0735. The van der Waals surface area contributed by atoms with Crippen molar-refractivity contribution in [3.63, 3.8) is 0 Å². The Morgan fingerprint density at radius 2 is 1.63 bits per heavy atom. The molecule has 0 unspecified atom stereocenters. The van der Waals surface area contributed by atoms with Crippen LogP contribution < -0.4 is 10.3 Å². The van der Waals surface area contributed by atoms with Gasteiger partial charge in [0.2, 0.25) is 0 Å². The van der Waals surface area contributed by atoms with Crippen LogP contribution in [0.2, 0.25) is 5.02 Å². The summed E-state index contributed by atoms with van der Waals surface area (Å²) in [6, 6.07) is 20.5. The number of nitrogens with one attached hydrogen (secondary N) is 1. The summed E-state index contributed by atoms with van der Waals surface area (Å²) in [5, 5.41) is 0.864. The smallest absolute Gasteiger partial charge is 0.345 e. The van der Waals surface area contributed by atoms with Crippen molar-refractivity contribution in [2.24, 2.45) is 0 Å². The van der Waals surface area contributed by atoms with Crippen LogP contribution in [0, 0.1) is 0 Å². The Kier molecular flexibility index (Phi) is 4.44. The minimum atomic E-state index is -0.536. The first-order valence-electron chi connectivity index (χ1n) is 8.18. The van der Waals surface area contributed by atoms with E-state index in [1.165, 1.54) is 0 Å². The molecule has 1 N–H and O–H groups in total. The van der Waals surface area contributed by atoms with Gasteiger partial charge in [-0.15, -0.1) is 0 Å². The molecule has 0 aliphatic carbocycles. The van der Waals surface area contributed by atoms with Crippen LogP contribution in [-0.2, 0) is 0 Å². The van der Waals surface area contributed by atoms with Crippen LogP contribution in [0.3, 0.4) is 0 Å². The highest BCUT2D eigenvalue weighted by molar-refractivity contribution is 6.33. The summed E-state index contributed by atoms with van der Waals surface area (Å²) in [6.45, 7) is 0. The average Bonchev–Trinajstić information content (AvgIpc) is 2.69. The molecule has 0 radical (unpaired) electrons. The summed E-state index contributed by atoms with van der Waals surface area (Å²) in [6.07, 6.45) is 0. The number of para-hydroxylation sites is 1. The Morgan fingerprint density at radius 3 is 2.41 bits per heavy atom. The molecule has 1 aromatic heterocycles. The number of H-pyrrole nitrogens is 1. The molecule has 3 aromatic carbocycles. The summed E-state index contributed by atoms with van der Waals surface area (Å²) >= 11 is 6.01. The lowest BCUT2D eigenvalue weighted by Crippen LogP contribution is -2.10. The number of nitrogens with zero attached hydrogens (tertiary/aromatic N) is 1. The van der Waals surface area contributed by atoms with Crippen LogP contribution in [0.15, 0.2) is 77.6 Å². The molecule has 27 heavy (non-hydrogen) atoms. The van der Waals surface area contributed by atoms with Crippen molar-refractivity contribution in [1.82, 2.24) is 9.97 Å². The molecule has 0 aliphatic rings. The number of halogens is 1. The van der Waals surface area contributed by atoms with Gasteiger partial charge in [0.1, 0.15) is 11.6 Å². The normalized spacial score (nSPS) is 10.7. The molecule has 132 valence electrons. The molecule has 0 spiro atoms. The van der Waals surface area contributed by atoms with Gasteiger partial charge in [0.25, 0.3) is 5.56 Å². The Hall–Kier alpha value is -3.44. The fourth-order valence-electron chi connectivity index (χ4n) is 2.69. The van der Waals surface area contributed by atoms with Crippen molar-refractivity contribution >= 4 is 28.5 Å². The molecule has 5 nitrogen and oxygen atoms in total. The number of fused-ring (bicyclic) bond motifs is 1. The van der Waals surface area contributed by atoms with E-state index in [1.807, 2.05) is 6.07 Å². The molecule has 0 fully saturated rings. The van der Waals surface area contributed by atoms with Gasteiger partial charge in [-0.05, 0) is 48.5 Å². The van der Waals surface area contributed by atoms with Gasteiger partial charge in [-0.1, -0.05) is 35.9 Å². The van der Waals surface area contributed by atoms with E-state index in [-0.39, 0.29) is 5.56 Å². The Bertz CT molecular complexity index is 1200. The summed E-state index contributed by atoms with van der Waals surface area (Å²) in [5.74, 6) is 0.278. The third kappa shape index (κ3) is 3.45. The zero-order valence-electron chi connectivity index (χ0n) is 14.0. The van der Waals surface area contributed by atoms with Gasteiger partial charge in [-0.3, -0.25) is 4.79 Å². The fourth-order valence-corrected chi connectivity index (χ4v) is 2.91. The van der Waals surface area contributed by atoms with Crippen molar-refractivity contribution in [2.75, 3.05) is 0 Å². The maximum Gasteiger partial charge on any atom is 0.345 e. The number of benzene rings is 3. The molecular weight excluding hydrogens is 364 g/mol. The second-order valence-electron chi connectivity index (χ2n) is 5.83. The SMILES string of the molecule is O=C(Oc1ccc(-c2nc3ccccc3c(=O)[nH]2)cc1)c1ccccc1Cl. The zero-order valence-corrected chi connectivity index (χ0v) is 14.7. The Labute approximate surface area is 159 Å². The number of hydrogen-bond acceptors (Lipinski definition) is 4. The van der Waals surface area contributed by atoms with Crippen molar-refractivity contribution in [1.29, 1.82) is 0 Å². The molecule has 0 atom stereocenters. The minimum Gasteiger partial charge on any atom is -0.423 e. The highest BCUT2D eigenvalue weighted by Crippen LogP contribution is 2.22. The molecule has 1 heterocycles. The molecule has 0 saturated carbocycles. The van der Waals surface area contributed by atoms with Gasteiger partial charge in [-0.2, -0.15) is 0 Å². The lowest BCUT2D eigenvalue weighted by Gasteiger charge is -2.07. The van der Waals surface area contributed by atoms with Crippen LogP contribution >= 0.6 is 11.6 Å². The first-order valence-corrected chi connectivity index (χ1v) is 8.56. The van der Waals surface area contributed by atoms with E-state index in [2.05, 4.69) is 9.97 Å². The largest absolute Gasteiger partial charge is 0.423 e. The minimum absolute atomic E-state index is 0.204. The van der Waals surface area contributed by atoms with E-state index < -0.39 is 5.97 Å². The maximum absolute atomic E-state index is 12.2. The van der Waals surface area contributed by atoms with Crippen molar-refractivity contribution in [2.45, 2.75) is 0 Å². The summed E-state index contributed by atoms with van der Waals surface area (Å²) in [4.78, 5) is 31.7. The predicted octanol–water partition coefficient (Wildman–Crippen LogP) is 4.46. The van der Waals surface area contributed by atoms with Gasteiger partial charge >= 0.3 is 5.97 Å². The lowest BCUT2D eigenvalue weighted by atomic mass is 10.2. The van der Waals surface area contributed by atoms with Crippen molar-refractivity contribution in [3.05, 3.63) is 93.7 Å². The van der Waals surface area contributed by atoms with E-state index in [0.29, 0.717) is 38.6 Å². The monoisotopic (exact) mass is 376 g/mol. The second kappa shape index (κ2) is 7.05. The van der Waals surface area contributed by atoms with Crippen LogP contribution in [0.4, 0.5) is 0 Å². The molecular formula is C21H13ClN2O3. The fraction of sp³-hybridized carbons (Fsp3) is 0. The summed E-state index contributed by atoms with van der Waals surface area (Å²) in [5.41, 5.74) is 1.41. The van der Waals surface area contributed by atoms with E-state index in [4.69, 9.17) is 16.3 Å². The van der Waals surface area contributed by atoms with Crippen molar-refractivity contribution in [3.8, 4) is 17.1 Å². The maximum atomic E-state index is 12.2. The van der Waals surface area contributed by atoms with E-state index in [1.54, 1.807) is 66.7 Å². The number of carbonyl (C=O) groups excluding carboxylic acids is 1. The number of rotatable bonds is 3. The van der Waals surface area contributed by atoms with Crippen LogP contribution in [0.1, 0.15) is 10.4 Å².